The van der Waals surface area contributed by atoms with Gasteiger partial charge in [0.2, 0.25) is 5.91 Å². The van der Waals surface area contributed by atoms with Crippen LogP contribution in [-0.2, 0) is 9.53 Å². The van der Waals surface area contributed by atoms with Crippen molar-refractivity contribution in [1.82, 2.24) is 4.90 Å². The van der Waals surface area contributed by atoms with Crippen molar-refractivity contribution in [2.75, 3.05) is 13.2 Å². The molecule has 1 aliphatic rings. The van der Waals surface area contributed by atoms with Crippen LogP contribution in [0.5, 0.6) is 0 Å². The first kappa shape index (κ1) is 13.2. The molecule has 0 aromatic carbocycles. The molecule has 0 aromatic heterocycles. The highest BCUT2D eigenvalue weighted by Gasteiger charge is 2.25. The van der Waals surface area contributed by atoms with Crippen molar-refractivity contribution in [2.24, 2.45) is 0 Å². The predicted octanol–water partition coefficient (Wildman–Crippen LogP) is 2.37. The van der Waals surface area contributed by atoms with Gasteiger partial charge < -0.3 is 9.64 Å². The van der Waals surface area contributed by atoms with Crippen molar-refractivity contribution in [2.45, 2.75) is 51.7 Å². The molecule has 1 amide bonds. The number of nitrogens with zero attached hydrogens (tertiary/aromatic N) is 1. The average Bonchev–Trinajstić information content (AvgIpc) is 2.75. The maximum atomic E-state index is 12.0. The van der Waals surface area contributed by atoms with Crippen LogP contribution >= 0.6 is 0 Å². The quantitative estimate of drug-likeness (QED) is 0.649. The van der Waals surface area contributed by atoms with Gasteiger partial charge in [-0.3, -0.25) is 4.79 Å². The van der Waals surface area contributed by atoms with Crippen LogP contribution in [0, 0.1) is 0 Å². The Morgan fingerprint density at radius 3 is 2.62 bits per heavy atom. The molecule has 92 valence electrons. The van der Waals surface area contributed by atoms with Gasteiger partial charge in [-0.2, -0.15) is 0 Å². The Balaban J connectivity index is 2.47. The molecular formula is C13H23NO2. The van der Waals surface area contributed by atoms with Crippen LogP contribution in [0.2, 0.25) is 0 Å². The van der Waals surface area contributed by atoms with Crippen molar-refractivity contribution < 1.29 is 9.53 Å². The van der Waals surface area contributed by atoms with E-state index in [1.165, 1.54) is 12.8 Å². The number of rotatable bonds is 6. The lowest BCUT2D eigenvalue weighted by atomic mass is 10.2. The second-order valence-electron chi connectivity index (χ2n) is 4.63. The summed E-state index contributed by atoms with van der Waals surface area (Å²) in [6.07, 6.45) is 6.62. The van der Waals surface area contributed by atoms with Gasteiger partial charge in [0.05, 0.1) is 6.10 Å². The van der Waals surface area contributed by atoms with Crippen LogP contribution in [0.3, 0.4) is 0 Å². The molecule has 1 fully saturated rings. The third kappa shape index (κ3) is 3.97. The van der Waals surface area contributed by atoms with E-state index >= 15 is 0 Å². The van der Waals surface area contributed by atoms with E-state index in [1.54, 1.807) is 6.08 Å². The third-order valence-corrected chi connectivity index (χ3v) is 2.95. The first-order valence-electron chi connectivity index (χ1n) is 6.17. The molecule has 0 spiro atoms. The van der Waals surface area contributed by atoms with Crippen LogP contribution in [0.25, 0.3) is 0 Å². The van der Waals surface area contributed by atoms with Gasteiger partial charge in [0.1, 0.15) is 6.61 Å². The fraction of sp³-hybridized carbons (Fsp3) is 0.769. The fourth-order valence-electron chi connectivity index (χ4n) is 2.13. The summed E-state index contributed by atoms with van der Waals surface area (Å²) >= 11 is 0. The van der Waals surface area contributed by atoms with Gasteiger partial charge in [0.15, 0.2) is 0 Å². The molecule has 3 heteroatoms. The van der Waals surface area contributed by atoms with E-state index in [0.29, 0.717) is 12.6 Å². The van der Waals surface area contributed by atoms with Crippen molar-refractivity contribution in [3.63, 3.8) is 0 Å². The largest absolute Gasteiger partial charge is 0.369 e. The molecule has 0 aliphatic heterocycles. The lowest BCUT2D eigenvalue weighted by Crippen LogP contribution is -2.41. The Bertz CT molecular complexity index is 232. The third-order valence-electron chi connectivity index (χ3n) is 2.95. The van der Waals surface area contributed by atoms with Crippen molar-refractivity contribution in [1.29, 1.82) is 0 Å². The van der Waals surface area contributed by atoms with Gasteiger partial charge in [0, 0.05) is 12.6 Å². The molecule has 0 atom stereocenters. The number of carbonyl (C=O) groups is 1. The van der Waals surface area contributed by atoms with Crippen LogP contribution in [0.1, 0.15) is 39.5 Å². The van der Waals surface area contributed by atoms with Crippen LogP contribution in [-0.4, -0.2) is 36.1 Å². The van der Waals surface area contributed by atoms with E-state index in [4.69, 9.17) is 4.74 Å². The van der Waals surface area contributed by atoms with Crippen molar-refractivity contribution >= 4 is 5.91 Å². The molecular weight excluding hydrogens is 202 g/mol. The monoisotopic (exact) mass is 225 g/mol. The summed E-state index contributed by atoms with van der Waals surface area (Å²) in [4.78, 5) is 13.9. The average molecular weight is 225 g/mol. The maximum absolute atomic E-state index is 12.0. The van der Waals surface area contributed by atoms with E-state index in [-0.39, 0.29) is 18.6 Å². The second kappa shape index (κ2) is 6.69. The summed E-state index contributed by atoms with van der Waals surface area (Å²) in [5.41, 5.74) is 0. The molecule has 0 aromatic rings. The summed E-state index contributed by atoms with van der Waals surface area (Å²) in [6.45, 7) is 8.45. The van der Waals surface area contributed by atoms with E-state index in [2.05, 4.69) is 6.58 Å². The Kier molecular flexibility index (Phi) is 5.53. The minimum Gasteiger partial charge on any atom is -0.369 e. The van der Waals surface area contributed by atoms with Gasteiger partial charge in [-0.05, 0) is 26.7 Å². The first-order chi connectivity index (χ1) is 7.65. The number of ether oxygens (including phenoxy) is 1. The van der Waals surface area contributed by atoms with Crippen LogP contribution < -0.4 is 0 Å². The molecule has 0 unspecified atom stereocenters. The molecule has 16 heavy (non-hydrogen) atoms. The summed E-state index contributed by atoms with van der Waals surface area (Å²) in [5, 5.41) is 0. The molecule has 1 rings (SSSR count). The topological polar surface area (TPSA) is 29.5 Å². The fourth-order valence-corrected chi connectivity index (χ4v) is 2.13. The van der Waals surface area contributed by atoms with Crippen LogP contribution in [0.4, 0.5) is 0 Å². The normalized spacial score (nSPS) is 16.7. The van der Waals surface area contributed by atoms with Gasteiger partial charge in [-0.1, -0.05) is 18.9 Å². The minimum absolute atomic E-state index is 0.0977. The zero-order valence-electron chi connectivity index (χ0n) is 10.4. The summed E-state index contributed by atoms with van der Waals surface area (Å²) in [7, 11) is 0. The Morgan fingerprint density at radius 2 is 2.12 bits per heavy atom. The zero-order chi connectivity index (χ0) is 12.0. The van der Waals surface area contributed by atoms with E-state index in [9.17, 15) is 4.79 Å². The maximum Gasteiger partial charge on any atom is 0.249 e. The highest BCUT2D eigenvalue weighted by Crippen LogP contribution is 2.23. The minimum atomic E-state index is 0.0977. The standard InChI is InChI=1S/C13H23NO2/c1-4-9-14(12-7-5-6-8-12)13(15)10-16-11(2)3/h4,11-12H,1,5-10H2,2-3H3. The molecule has 3 nitrogen and oxygen atoms in total. The van der Waals surface area contributed by atoms with E-state index < -0.39 is 0 Å². The summed E-state index contributed by atoms with van der Waals surface area (Å²) in [6, 6.07) is 0.404. The number of amides is 1. The smallest absolute Gasteiger partial charge is 0.249 e. The highest BCUT2D eigenvalue weighted by atomic mass is 16.5. The number of hydrogen-bond donors (Lipinski definition) is 0. The van der Waals surface area contributed by atoms with Gasteiger partial charge in [0.25, 0.3) is 0 Å². The predicted molar refractivity (Wildman–Crippen MR) is 65.3 cm³/mol. The number of carbonyl (C=O) groups excluding carboxylic acids is 1. The lowest BCUT2D eigenvalue weighted by molar-refractivity contribution is -0.139. The lowest BCUT2D eigenvalue weighted by Gasteiger charge is -2.28. The van der Waals surface area contributed by atoms with E-state index in [1.807, 2.05) is 18.7 Å². The van der Waals surface area contributed by atoms with Gasteiger partial charge in [-0.25, -0.2) is 0 Å². The zero-order valence-corrected chi connectivity index (χ0v) is 10.4. The molecule has 0 N–H and O–H groups in total. The summed E-state index contributed by atoms with van der Waals surface area (Å²) < 4.78 is 5.36. The Hall–Kier alpha value is -0.830. The molecule has 0 heterocycles. The highest BCUT2D eigenvalue weighted by molar-refractivity contribution is 5.78. The van der Waals surface area contributed by atoms with Crippen molar-refractivity contribution in [3.8, 4) is 0 Å². The molecule has 1 aliphatic carbocycles. The Labute approximate surface area is 98.5 Å². The van der Waals surface area contributed by atoms with Crippen LogP contribution in [0.15, 0.2) is 12.7 Å². The molecule has 0 radical (unpaired) electrons. The SMILES string of the molecule is C=CCN(C(=O)COC(C)C)C1CCCC1. The second-order valence-corrected chi connectivity index (χ2v) is 4.63. The molecule has 0 bridgehead atoms. The van der Waals surface area contributed by atoms with Gasteiger partial charge >= 0.3 is 0 Å². The summed E-state index contributed by atoms with van der Waals surface area (Å²) in [5.74, 6) is 0.0977. The molecule has 0 saturated heterocycles. The van der Waals surface area contributed by atoms with Gasteiger partial charge in [-0.15, -0.1) is 6.58 Å². The molecule has 1 saturated carbocycles. The first-order valence-corrected chi connectivity index (χ1v) is 6.17. The number of hydrogen-bond acceptors (Lipinski definition) is 2. The Morgan fingerprint density at radius 1 is 1.50 bits per heavy atom. The van der Waals surface area contributed by atoms with Crippen molar-refractivity contribution in [3.05, 3.63) is 12.7 Å². The van der Waals surface area contributed by atoms with E-state index in [0.717, 1.165) is 12.8 Å².